The Bertz CT molecular complexity index is 1480. The molecular weight excluding hydrogens is 612 g/mol. The van der Waals surface area contributed by atoms with Crippen LogP contribution < -0.4 is 4.74 Å². The number of fused-ring (bicyclic) bond motifs is 1. The van der Waals surface area contributed by atoms with E-state index in [9.17, 15) is 39.9 Å². The molecule has 0 N–H and O–H groups in total. The molecule has 2 aromatic carbocycles. The van der Waals surface area contributed by atoms with Crippen molar-refractivity contribution in [2.75, 3.05) is 13.2 Å². The molecular formula is C33H36F8O4. The highest BCUT2D eigenvalue weighted by Gasteiger charge is 2.79. The van der Waals surface area contributed by atoms with Crippen LogP contribution >= 0.6 is 0 Å². The number of rotatable bonds is 17. The smallest absolute Gasteiger partial charge is 0.378 e. The Labute approximate surface area is 256 Å². The number of hydrogen-bond acceptors (Lipinski definition) is 4. The molecule has 1 heterocycles. The third kappa shape index (κ3) is 7.99. The molecule has 0 fully saturated rings. The summed E-state index contributed by atoms with van der Waals surface area (Å²) in [5.74, 6) is -24.9. The molecule has 0 atom stereocenters. The summed E-state index contributed by atoms with van der Waals surface area (Å²) in [6.45, 7) is 5.81. The second-order valence-electron chi connectivity index (χ2n) is 10.9. The summed E-state index contributed by atoms with van der Waals surface area (Å²) >= 11 is 0. The minimum absolute atomic E-state index is 0.0825. The Balaban J connectivity index is 1.68. The van der Waals surface area contributed by atoms with E-state index in [1.807, 2.05) is 19.1 Å². The van der Waals surface area contributed by atoms with E-state index >= 15 is 0 Å². The predicted octanol–water partition coefficient (Wildman–Crippen LogP) is 10.2. The lowest BCUT2D eigenvalue weighted by Gasteiger charge is -2.36. The largest absolute Gasteiger partial charge is 0.493 e. The van der Waals surface area contributed by atoms with Gasteiger partial charge in [0.2, 0.25) is 0 Å². The summed E-state index contributed by atoms with van der Waals surface area (Å²) in [6.07, 6.45) is 0.923. The summed E-state index contributed by atoms with van der Waals surface area (Å²) in [5, 5.41) is 0.638. The highest BCUT2D eigenvalue weighted by molar-refractivity contribution is 5.87. The number of hydrogen-bond donors (Lipinski definition) is 0. The average Bonchev–Trinajstić information content (AvgIpc) is 3.40. The van der Waals surface area contributed by atoms with Gasteiger partial charge in [-0.3, -0.25) is 0 Å². The van der Waals surface area contributed by atoms with Crippen molar-refractivity contribution in [3.63, 3.8) is 0 Å². The van der Waals surface area contributed by atoms with Crippen molar-refractivity contribution in [1.82, 2.24) is 0 Å². The molecule has 0 aliphatic carbocycles. The number of esters is 1. The number of unbranched alkanes of at least 4 members (excludes halogenated alkanes) is 2. The lowest BCUT2D eigenvalue weighted by atomic mass is 9.95. The van der Waals surface area contributed by atoms with Crippen LogP contribution in [-0.4, -0.2) is 42.9 Å². The van der Waals surface area contributed by atoms with Crippen molar-refractivity contribution >= 4 is 16.9 Å². The Kier molecular flexibility index (Phi) is 11.4. The molecule has 0 radical (unpaired) electrons. The summed E-state index contributed by atoms with van der Waals surface area (Å²) < 4.78 is 129. The van der Waals surface area contributed by atoms with Crippen molar-refractivity contribution in [1.29, 1.82) is 0 Å². The Hall–Kier alpha value is -3.57. The number of aryl methyl sites for hydroxylation is 2. The maximum absolute atomic E-state index is 14.4. The quantitative estimate of drug-likeness (QED) is 0.0633. The molecule has 0 unspecified atom stereocenters. The number of benzene rings is 2. The fourth-order valence-corrected chi connectivity index (χ4v) is 4.61. The van der Waals surface area contributed by atoms with Crippen LogP contribution in [0.15, 0.2) is 59.0 Å². The number of ether oxygens (including phenoxy) is 2. The molecule has 248 valence electrons. The molecule has 0 bridgehead atoms. The molecule has 0 saturated heterocycles. The molecule has 3 aromatic rings. The fraction of sp³-hybridized carbons (Fsp3) is 0.485. The monoisotopic (exact) mass is 648 g/mol. The maximum atomic E-state index is 14.4. The van der Waals surface area contributed by atoms with Gasteiger partial charge < -0.3 is 13.9 Å². The number of furan rings is 1. The predicted molar refractivity (Wildman–Crippen MR) is 155 cm³/mol. The van der Waals surface area contributed by atoms with E-state index in [4.69, 9.17) is 9.15 Å². The van der Waals surface area contributed by atoms with Gasteiger partial charge in [-0.25, -0.2) is 4.79 Å². The molecule has 4 nitrogen and oxygen atoms in total. The third-order valence-corrected chi connectivity index (χ3v) is 7.37. The molecule has 0 saturated carbocycles. The fourth-order valence-electron chi connectivity index (χ4n) is 4.61. The van der Waals surface area contributed by atoms with Crippen LogP contribution in [0.25, 0.3) is 22.3 Å². The topological polar surface area (TPSA) is 48.7 Å². The van der Waals surface area contributed by atoms with Gasteiger partial charge in [-0.05, 0) is 55.5 Å². The zero-order valence-electron chi connectivity index (χ0n) is 25.3. The first-order chi connectivity index (χ1) is 21.0. The van der Waals surface area contributed by atoms with E-state index in [0.29, 0.717) is 16.7 Å². The van der Waals surface area contributed by atoms with Crippen molar-refractivity contribution in [3.05, 3.63) is 65.7 Å². The van der Waals surface area contributed by atoms with E-state index in [0.717, 1.165) is 50.2 Å². The van der Waals surface area contributed by atoms with E-state index < -0.39 is 55.7 Å². The maximum Gasteiger partial charge on any atom is 0.378 e. The van der Waals surface area contributed by atoms with Gasteiger partial charge in [-0.1, -0.05) is 51.5 Å². The van der Waals surface area contributed by atoms with Crippen LogP contribution in [0.5, 0.6) is 5.75 Å². The second kappa shape index (κ2) is 14.2. The summed E-state index contributed by atoms with van der Waals surface area (Å²) in [7, 11) is 0. The SMILES string of the molecule is C=C(C)C(=O)OCCC(F)(F)C(F)(F)C(F)(F)C(F)(F)CCOc1ccc2cc(-c3ccc(CCCCC)cc3CC)oc2c1. The second-order valence-corrected chi connectivity index (χ2v) is 10.9. The van der Waals surface area contributed by atoms with Gasteiger partial charge in [0.1, 0.15) is 17.1 Å². The van der Waals surface area contributed by atoms with E-state index in [1.54, 1.807) is 12.1 Å². The van der Waals surface area contributed by atoms with Crippen molar-refractivity contribution in [3.8, 4) is 17.1 Å². The van der Waals surface area contributed by atoms with E-state index in [1.165, 1.54) is 17.7 Å². The van der Waals surface area contributed by atoms with Gasteiger partial charge in [-0.15, -0.1) is 0 Å². The minimum atomic E-state index is -6.48. The van der Waals surface area contributed by atoms with Gasteiger partial charge >= 0.3 is 29.7 Å². The van der Waals surface area contributed by atoms with Gasteiger partial charge in [0.25, 0.3) is 0 Å². The van der Waals surface area contributed by atoms with Gasteiger partial charge in [0, 0.05) is 22.6 Å². The highest BCUT2D eigenvalue weighted by atomic mass is 19.4. The van der Waals surface area contributed by atoms with Crippen LogP contribution in [0.2, 0.25) is 0 Å². The molecule has 0 aliphatic heterocycles. The first kappa shape index (κ1) is 35.9. The zero-order chi connectivity index (χ0) is 33.6. The van der Waals surface area contributed by atoms with Crippen LogP contribution in [0.4, 0.5) is 35.1 Å². The lowest BCUT2D eigenvalue weighted by molar-refractivity contribution is -0.368. The average molecular weight is 649 g/mol. The van der Waals surface area contributed by atoms with E-state index in [2.05, 4.69) is 24.3 Å². The zero-order valence-corrected chi connectivity index (χ0v) is 25.3. The first-order valence-corrected chi connectivity index (χ1v) is 14.6. The molecule has 1 aromatic heterocycles. The number of halogens is 8. The number of alkyl halides is 8. The molecule has 45 heavy (non-hydrogen) atoms. The first-order valence-electron chi connectivity index (χ1n) is 14.6. The van der Waals surface area contributed by atoms with E-state index in [-0.39, 0.29) is 11.3 Å². The molecule has 0 amide bonds. The highest BCUT2D eigenvalue weighted by Crippen LogP contribution is 2.54. The Morgan fingerprint density at radius 2 is 1.49 bits per heavy atom. The number of carbonyl (C=O) groups is 1. The van der Waals surface area contributed by atoms with Crippen LogP contribution in [0.3, 0.4) is 0 Å². The minimum Gasteiger partial charge on any atom is -0.493 e. The van der Waals surface area contributed by atoms with Gasteiger partial charge in [-0.2, -0.15) is 35.1 Å². The van der Waals surface area contributed by atoms with Crippen LogP contribution in [0, 0.1) is 0 Å². The lowest BCUT2D eigenvalue weighted by Crippen LogP contribution is -2.62. The normalized spacial score (nSPS) is 12.9. The van der Waals surface area contributed by atoms with Crippen LogP contribution in [0.1, 0.15) is 64.0 Å². The van der Waals surface area contributed by atoms with Gasteiger partial charge in [0.05, 0.1) is 26.1 Å². The molecule has 12 heteroatoms. The summed E-state index contributed by atoms with van der Waals surface area (Å²) in [6, 6.07) is 12.1. The van der Waals surface area contributed by atoms with Crippen molar-refractivity contribution in [2.24, 2.45) is 0 Å². The van der Waals surface area contributed by atoms with Crippen molar-refractivity contribution < 1.29 is 53.8 Å². The molecule has 3 rings (SSSR count). The summed E-state index contributed by atoms with van der Waals surface area (Å²) in [4.78, 5) is 11.2. The Morgan fingerprint density at radius 3 is 2.09 bits per heavy atom. The molecule has 0 spiro atoms. The third-order valence-electron chi connectivity index (χ3n) is 7.37. The Morgan fingerprint density at radius 1 is 0.844 bits per heavy atom. The standard InChI is InChI=1S/C33H36F8O4/c1-5-7-8-9-22-10-13-26(23(6-2)18-22)28-19-24-11-12-25(20-27(24)45-28)43-16-14-30(34,35)32(38,39)33(40,41)31(36,37)15-17-44-29(42)21(3)4/h10-13,18-20H,3,5-9,14-17H2,1-2,4H3. The van der Waals surface area contributed by atoms with Crippen LogP contribution in [-0.2, 0) is 22.4 Å². The van der Waals surface area contributed by atoms with Gasteiger partial charge in [0.15, 0.2) is 0 Å². The number of carbonyl (C=O) groups excluding carboxylic acids is 1. The molecule has 0 aliphatic rings. The van der Waals surface area contributed by atoms with Crippen molar-refractivity contribution in [2.45, 2.75) is 89.4 Å². The summed E-state index contributed by atoms with van der Waals surface area (Å²) in [5.41, 5.74) is 3.18.